The Balaban J connectivity index is 1.58. The Labute approximate surface area is 220 Å². The highest BCUT2D eigenvalue weighted by atomic mass is 79.9. The highest BCUT2D eigenvalue weighted by Crippen LogP contribution is 2.18. The van der Waals surface area contributed by atoms with Crippen molar-refractivity contribution in [1.82, 2.24) is 0 Å². The molecule has 0 aliphatic heterocycles. The normalized spacial score (nSPS) is 11.1. The van der Waals surface area contributed by atoms with Crippen molar-refractivity contribution in [1.29, 1.82) is 0 Å². The molecule has 0 saturated carbocycles. The summed E-state index contributed by atoms with van der Waals surface area (Å²) in [6.07, 6.45) is 20.3. The molecule has 0 fully saturated rings. The summed E-state index contributed by atoms with van der Waals surface area (Å²) in [6, 6.07) is 14.6. The van der Waals surface area contributed by atoms with Gasteiger partial charge in [-0.25, -0.2) is 0 Å². The van der Waals surface area contributed by atoms with Crippen LogP contribution in [0, 0.1) is 0 Å². The summed E-state index contributed by atoms with van der Waals surface area (Å²) in [6.45, 7) is 2.26. The molecule has 0 radical (unpaired) electrons. The first-order valence-corrected chi connectivity index (χ1v) is 14.2. The van der Waals surface area contributed by atoms with E-state index in [1.165, 1.54) is 76.7 Å². The van der Waals surface area contributed by atoms with Gasteiger partial charge in [-0.2, -0.15) is 0 Å². The number of halogens is 1. The van der Waals surface area contributed by atoms with Gasteiger partial charge in [-0.15, -0.1) is 0 Å². The van der Waals surface area contributed by atoms with Gasteiger partial charge in [0.05, 0.1) is 0 Å². The highest BCUT2D eigenvalue weighted by Gasteiger charge is 2.08. The summed E-state index contributed by atoms with van der Waals surface area (Å²) in [5.41, 5.74) is 1.45. The van der Waals surface area contributed by atoms with Crippen LogP contribution < -0.4 is 4.74 Å². The average Bonchev–Trinajstić information content (AvgIpc) is 2.86. The van der Waals surface area contributed by atoms with E-state index >= 15 is 0 Å². The van der Waals surface area contributed by atoms with Crippen LogP contribution in [-0.2, 0) is 4.79 Å². The summed E-state index contributed by atoms with van der Waals surface area (Å²) in [5.74, 6) is 0.0676. The van der Waals surface area contributed by atoms with E-state index < -0.39 is 0 Å². The number of allylic oxidation sites excluding steroid dienone is 1. The van der Waals surface area contributed by atoms with Crippen molar-refractivity contribution in [3.63, 3.8) is 0 Å². The minimum Gasteiger partial charge on any atom is -0.427 e. The molecular formula is C31H41BrO3. The maximum atomic E-state index is 12.5. The van der Waals surface area contributed by atoms with Crippen molar-refractivity contribution in [2.45, 2.75) is 96.8 Å². The Kier molecular flexibility index (Phi) is 15.0. The van der Waals surface area contributed by atoms with Gasteiger partial charge in [0.15, 0.2) is 5.78 Å². The average molecular weight is 542 g/mol. The van der Waals surface area contributed by atoms with E-state index in [4.69, 9.17) is 4.74 Å². The molecule has 190 valence electrons. The summed E-state index contributed by atoms with van der Waals surface area (Å²) in [7, 11) is 0. The van der Waals surface area contributed by atoms with Crippen LogP contribution in [0.15, 0.2) is 59.1 Å². The number of carbonyl (C=O) groups excluding carboxylic acids is 2. The molecule has 2 rings (SSSR count). The van der Waals surface area contributed by atoms with E-state index in [-0.39, 0.29) is 11.8 Å². The molecule has 35 heavy (non-hydrogen) atoms. The largest absolute Gasteiger partial charge is 0.427 e. The molecule has 4 heteroatoms. The Hall–Kier alpha value is -2.20. The first kappa shape index (κ1) is 29.0. The lowest BCUT2D eigenvalue weighted by Gasteiger charge is -2.06. The predicted molar refractivity (Wildman–Crippen MR) is 150 cm³/mol. The molecule has 0 unspecified atom stereocenters. The van der Waals surface area contributed by atoms with Gasteiger partial charge in [0, 0.05) is 16.5 Å². The van der Waals surface area contributed by atoms with Crippen molar-refractivity contribution >= 4 is 33.8 Å². The van der Waals surface area contributed by atoms with Gasteiger partial charge < -0.3 is 4.74 Å². The number of unbranched alkanes of at least 4 members (excludes halogenated alkanes) is 12. The Morgan fingerprint density at radius 2 is 1.34 bits per heavy atom. The molecule has 0 spiro atoms. The lowest BCUT2D eigenvalue weighted by molar-refractivity contribution is -0.134. The second-order valence-corrected chi connectivity index (χ2v) is 10.2. The molecule has 0 N–H and O–H groups in total. The molecule has 0 aromatic heterocycles. The van der Waals surface area contributed by atoms with Crippen LogP contribution in [0.5, 0.6) is 5.75 Å². The molecule has 0 atom stereocenters. The third kappa shape index (κ3) is 13.5. The number of hydrogen-bond donors (Lipinski definition) is 0. The number of ether oxygens (including phenoxy) is 1. The van der Waals surface area contributed by atoms with E-state index in [0.717, 1.165) is 22.9 Å². The van der Waals surface area contributed by atoms with Crippen molar-refractivity contribution in [2.24, 2.45) is 0 Å². The number of rotatable bonds is 18. The van der Waals surface area contributed by atoms with Crippen LogP contribution in [-0.4, -0.2) is 11.8 Å². The molecule has 2 aromatic carbocycles. The maximum absolute atomic E-state index is 12.5. The third-order valence-electron chi connectivity index (χ3n) is 6.13. The number of benzene rings is 2. The summed E-state index contributed by atoms with van der Waals surface area (Å²) in [4.78, 5) is 24.7. The first-order chi connectivity index (χ1) is 17.1. The number of carbonyl (C=O) groups is 2. The van der Waals surface area contributed by atoms with Crippen molar-refractivity contribution < 1.29 is 14.3 Å². The second kappa shape index (κ2) is 18.1. The lowest BCUT2D eigenvalue weighted by atomic mass is 10.0. The van der Waals surface area contributed by atoms with Crippen molar-refractivity contribution in [3.8, 4) is 5.75 Å². The smallest absolute Gasteiger partial charge is 0.311 e. The van der Waals surface area contributed by atoms with E-state index in [2.05, 4.69) is 22.9 Å². The molecular weight excluding hydrogens is 500 g/mol. The molecule has 0 amide bonds. The predicted octanol–water partition coefficient (Wildman–Crippen LogP) is 9.73. The number of ketones is 1. The second-order valence-electron chi connectivity index (χ2n) is 9.24. The minimum absolute atomic E-state index is 0.123. The fraction of sp³-hybridized carbons (Fsp3) is 0.484. The topological polar surface area (TPSA) is 43.4 Å². The van der Waals surface area contributed by atoms with Gasteiger partial charge in [0.25, 0.3) is 0 Å². The fourth-order valence-corrected chi connectivity index (χ4v) is 4.29. The Morgan fingerprint density at radius 3 is 1.94 bits per heavy atom. The Bertz CT molecular complexity index is 902. The van der Waals surface area contributed by atoms with Gasteiger partial charge in [-0.1, -0.05) is 130 Å². The monoisotopic (exact) mass is 540 g/mol. The quantitative estimate of drug-likeness (QED) is 0.0620. The van der Waals surface area contributed by atoms with Gasteiger partial charge in [-0.3, -0.25) is 9.59 Å². The molecule has 0 heterocycles. The van der Waals surface area contributed by atoms with Gasteiger partial charge >= 0.3 is 5.97 Å². The van der Waals surface area contributed by atoms with E-state index in [1.54, 1.807) is 30.3 Å². The molecule has 0 saturated heterocycles. The van der Waals surface area contributed by atoms with Crippen LogP contribution >= 0.6 is 15.9 Å². The standard InChI is InChI=1S/C31H41BrO3/c1-2-3-4-5-6-7-8-9-10-11-12-13-14-18-31(34)35-29-17-15-16-27(25-29)30(33)24-21-26-19-22-28(32)23-20-26/h15-17,19-25H,2-14,18H2,1H3/b24-21+. The van der Waals surface area contributed by atoms with Crippen LogP contribution in [0.25, 0.3) is 6.08 Å². The first-order valence-electron chi connectivity index (χ1n) is 13.4. The number of hydrogen-bond acceptors (Lipinski definition) is 3. The summed E-state index contributed by atoms with van der Waals surface area (Å²) < 4.78 is 6.46. The molecule has 0 aliphatic rings. The fourth-order valence-electron chi connectivity index (χ4n) is 4.02. The Morgan fingerprint density at radius 1 is 0.771 bits per heavy atom. The van der Waals surface area contributed by atoms with E-state index in [0.29, 0.717) is 17.7 Å². The molecule has 0 bridgehead atoms. The molecule has 2 aromatic rings. The van der Waals surface area contributed by atoms with E-state index in [1.807, 2.05) is 24.3 Å². The van der Waals surface area contributed by atoms with Crippen molar-refractivity contribution in [2.75, 3.05) is 0 Å². The van der Waals surface area contributed by atoms with Crippen molar-refractivity contribution in [3.05, 3.63) is 70.2 Å². The van der Waals surface area contributed by atoms with Crippen LogP contribution in [0.4, 0.5) is 0 Å². The van der Waals surface area contributed by atoms with Gasteiger partial charge in [-0.05, 0) is 42.3 Å². The van der Waals surface area contributed by atoms with Crippen LogP contribution in [0.3, 0.4) is 0 Å². The minimum atomic E-state index is -0.233. The highest BCUT2D eigenvalue weighted by molar-refractivity contribution is 9.10. The van der Waals surface area contributed by atoms with Crippen LogP contribution in [0.1, 0.15) is 113 Å². The third-order valence-corrected chi connectivity index (χ3v) is 6.66. The zero-order valence-corrected chi connectivity index (χ0v) is 22.9. The van der Waals surface area contributed by atoms with Gasteiger partial charge in [0.1, 0.15) is 5.75 Å². The van der Waals surface area contributed by atoms with Gasteiger partial charge in [0.2, 0.25) is 0 Å². The summed E-state index contributed by atoms with van der Waals surface area (Å²) >= 11 is 3.40. The molecule has 3 nitrogen and oxygen atoms in total. The zero-order valence-electron chi connectivity index (χ0n) is 21.3. The SMILES string of the molecule is CCCCCCCCCCCCCCCC(=O)Oc1cccc(C(=O)/C=C/c2ccc(Br)cc2)c1. The maximum Gasteiger partial charge on any atom is 0.311 e. The molecule has 0 aliphatic carbocycles. The summed E-state index contributed by atoms with van der Waals surface area (Å²) in [5, 5.41) is 0. The lowest BCUT2D eigenvalue weighted by Crippen LogP contribution is -2.08. The van der Waals surface area contributed by atoms with Crippen LogP contribution in [0.2, 0.25) is 0 Å². The van der Waals surface area contributed by atoms with E-state index in [9.17, 15) is 9.59 Å². The zero-order chi connectivity index (χ0) is 25.1. The number of esters is 1.